The summed E-state index contributed by atoms with van der Waals surface area (Å²) in [6, 6.07) is 6.95. The molecule has 0 bridgehead atoms. The molecule has 0 aliphatic carbocycles. The summed E-state index contributed by atoms with van der Waals surface area (Å²) in [5.41, 5.74) is 2.02. The van der Waals surface area contributed by atoms with Crippen LogP contribution in [-0.2, 0) is 9.84 Å². The molecule has 0 unspecified atom stereocenters. The SMILES string of the molecule is CCC(=CS(=O)(=O)c1ccc(C)cc1)CC. The van der Waals surface area contributed by atoms with E-state index in [4.69, 9.17) is 0 Å². The highest BCUT2D eigenvalue weighted by atomic mass is 32.2. The molecule has 1 aromatic rings. The lowest BCUT2D eigenvalue weighted by Crippen LogP contribution is -1.98. The lowest BCUT2D eigenvalue weighted by Gasteiger charge is -2.03. The van der Waals surface area contributed by atoms with Crippen molar-refractivity contribution in [3.8, 4) is 0 Å². The fourth-order valence-corrected chi connectivity index (χ4v) is 2.86. The molecule has 0 aliphatic heterocycles. The van der Waals surface area contributed by atoms with Gasteiger partial charge in [0.2, 0.25) is 0 Å². The van der Waals surface area contributed by atoms with Crippen molar-refractivity contribution in [2.45, 2.75) is 38.5 Å². The monoisotopic (exact) mass is 238 g/mol. The molecule has 16 heavy (non-hydrogen) atoms. The predicted molar refractivity (Wildman–Crippen MR) is 67.0 cm³/mol. The summed E-state index contributed by atoms with van der Waals surface area (Å²) in [4.78, 5) is 0.373. The minimum atomic E-state index is -3.26. The molecule has 3 heteroatoms. The van der Waals surface area contributed by atoms with Gasteiger partial charge >= 0.3 is 0 Å². The van der Waals surface area contributed by atoms with Crippen molar-refractivity contribution in [3.63, 3.8) is 0 Å². The smallest absolute Gasteiger partial charge is 0.199 e. The molecule has 0 N–H and O–H groups in total. The van der Waals surface area contributed by atoms with Crippen LogP contribution in [0.1, 0.15) is 32.3 Å². The highest BCUT2D eigenvalue weighted by Gasteiger charge is 2.11. The van der Waals surface area contributed by atoms with Crippen molar-refractivity contribution in [2.75, 3.05) is 0 Å². The van der Waals surface area contributed by atoms with Gasteiger partial charge in [-0.15, -0.1) is 0 Å². The van der Waals surface area contributed by atoms with Gasteiger partial charge in [-0.3, -0.25) is 0 Å². The number of sulfone groups is 1. The molecule has 88 valence electrons. The van der Waals surface area contributed by atoms with Crippen LogP contribution in [0.15, 0.2) is 40.1 Å². The molecule has 0 fully saturated rings. The third-order valence-corrected chi connectivity index (χ3v) is 4.15. The summed E-state index contributed by atoms with van der Waals surface area (Å²) >= 11 is 0. The number of aryl methyl sites for hydroxylation is 1. The van der Waals surface area contributed by atoms with Crippen LogP contribution in [0, 0.1) is 6.92 Å². The largest absolute Gasteiger partial charge is 0.219 e. The first kappa shape index (κ1) is 13.0. The third kappa shape index (κ3) is 3.20. The normalized spacial score (nSPS) is 11.2. The van der Waals surface area contributed by atoms with Gasteiger partial charge in [0.15, 0.2) is 9.84 Å². The Balaban J connectivity index is 3.12. The summed E-state index contributed by atoms with van der Waals surface area (Å²) in [6.45, 7) is 5.88. The summed E-state index contributed by atoms with van der Waals surface area (Å²) in [5, 5.41) is 1.40. The van der Waals surface area contributed by atoms with Crippen molar-refractivity contribution in [1.29, 1.82) is 0 Å². The van der Waals surface area contributed by atoms with Gasteiger partial charge in [-0.25, -0.2) is 8.42 Å². The first-order chi connectivity index (χ1) is 7.49. The van der Waals surface area contributed by atoms with Gasteiger partial charge in [0, 0.05) is 5.41 Å². The third-order valence-electron chi connectivity index (χ3n) is 2.58. The Hall–Kier alpha value is -1.09. The fraction of sp³-hybridized carbons (Fsp3) is 0.385. The molecule has 0 aromatic heterocycles. The van der Waals surface area contributed by atoms with Crippen molar-refractivity contribution in [1.82, 2.24) is 0 Å². The van der Waals surface area contributed by atoms with E-state index in [0.29, 0.717) is 4.90 Å². The molecule has 2 nitrogen and oxygen atoms in total. The second-order valence-corrected chi connectivity index (χ2v) is 5.64. The summed E-state index contributed by atoms with van der Waals surface area (Å²) in [6.07, 6.45) is 1.56. The highest BCUT2D eigenvalue weighted by molar-refractivity contribution is 7.94. The molecule has 1 aromatic carbocycles. The van der Waals surface area contributed by atoms with Crippen LogP contribution in [0.3, 0.4) is 0 Å². The Kier molecular flexibility index (Phi) is 4.30. The second kappa shape index (κ2) is 5.30. The number of hydrogen-bond donors (Lipinski definition) is 0. The van der Waals surface area contributed by atoms with E-state index in [1.807, 2.05) is 32.9 Å². The second-order valence-electron chi connectivity index (χ2n) is 3.84. The number of rotatable bonds is 4. The molecular formula is C13H18O2S. The van der Waals surface area contributed by atoms with E-state index in [1.54, 1.807) is 12.1 Å². The van der Waals surface area contributed by atoms with E-state index in [2.05, 4.69) is 0 Å². The fourth-order valence-electron chi connectivity index (χ4n) is 1.43. The van der Waals surface area contributed by atoms with Crippen LogP contribution in [-0.4, -0.2) is 8.42 Å². The predicted octanol–water partition coefficient (Wildman–Crippen LogP) is 3.47. The van der Waals surface area contributed by atoms with Crippen LogP contribution < -0.4 is 0 Å². The lowest BCUT2D eigenvalue weighted by molar-refractivity contribution is 0.604. The van der Waals surface area contributed by atoms with Crippen molar-refractivity contribution < 1.29 is 8.42 Å². The summed E-state index contributed by atoms with van der Waals surface area (Å²) in [7, 11) is -3.26. The first-order valence-corrected chi connectivity index (χ1v) is 7.05. The molecule has 1 rings (SSSR count). The number of hydrogen-bond acceptors (Lipinski definition) is 2. The van der Waals surface area contributed by atoms with Crippen LogP contribution in [0.2, 0.25) is 0 Å². The first-order valence-electron chi connectivity index (χ1n) is 5.50. The van der Waals surface area contributed by atoms with E-state index in [1.165, 1.54) is 5.41 Å². The molecule has 0 heterocycles. The molecule has 0 saturated carbocycles. The maximum absolute atomic E-state index is 12.0. The molecular weight excluding hydrogens is 220 g/mol. The van der Waals surface area contributed by atoms with E-state index in [-0.39, 0.29) is 0 Å². The molecule has 0 amide bonds. The van der Waals surface area contributed by atoms with Crippen LogP contribution >= 0.6 is 0 Å². The Bertz CT molecular complexity index is 461. The van der Waals surface area contributed by atoms with Gasteiger partial charge in [-0.2, -0.15) is 0 Å². The number of benzene rings is 1. The number of allylic oxidation sites excluding steroid dienone is 1. The minimum Gasteiger partial charge on any atom is -0.219 e. The maximum Gasteiger partial charge on any atom is 0.199 e. The van der Waals surface area contributed by atoms with E-state index >= 15 is 0 Å². The van der Waals surface area contributed by atoms with Crippen LogP contribution in [0.25, 0.3) is 0 Å². The van der Waals surface area contributed by atoms with Crippen LogP contribution in [0.4, 0.5) is 0 Å². The lowest BCUT2D eigenvalue weighted by atomic mass is 10.2. The van der Waals surface area contributed by atoms with Gasteiger partial charge in [0.1, 0.15) is 0 Å². The topological polar surface area (TPSA) is 34.1 Å². The maximum atomic E-state index is 12.0. The summed E-state index contributed by atoms with van der Waals surface area (Å²) in [5.74, 6) is 0. The molecule has 0 spiro atoms. The van der Waals surface area contributed by atoms with E-state index in [0.717, 1.165) is 24.0 Å². The Labute approximate surface area is 97.9 Å². The zero-order valence-corrected chi connectivity index (χ0v) is 10.8. The van der Waals surface area contributed by atoms with Crippen LogP contribution in [0.5, 0.6) is 0 Å². The highest BCUT2D eigenvalue weighted by Crippen LogP contribution is 2.17. The minimum absolute atomic E-state index is 0.373. The molecule has 0 atom stereocenters. The quantitative estimate of drug-likeness (QED) is 0.805. The van der Waals surface area contributed by atoms with Crippen molar-refractivity contribution >= 4 is 9.84 Å². The van der Waals surface area contributed by atoms with Gasteiger partial charge in [0.25, 0.3) is 0 Å². The zero-order chi connectivity index (χ0) is 12.2. The molecule has 0 radical (unpaired) electrons. The standard InChI is InChI=1S/C13H18O2S/c1-4-12(5-2)10-16(14,15)13-8-6-11(3)7-9-13/h6-10H,4-5H2,1-3H3. The molecule has 0 aliphatic rings. The Morgan fingerprint density at radius 1 is 1.12 bits per heavy atom. The Morgan fingerprint density at radius 2 is 1.62 bits per heavy atom. The van der Waals surface area contributed by atoms with Gasteiger partial charge in [0.05, 0.1) is 4.90 Å². The summed E-state index contributed by atoms with van der Waals surface area (Å²) < 4.78 is 24.0. The van der Waals surface area contributed by atoms with Gasteiger partial charge in [-0.05, 0) is 31.9 Å². The van der Waals surface area contributed by atoms with Crippen molar-refractivity contribution in [3.05, 3.63) is 40.8 Å². The Morgan fingerprint density at radius 3 is 2.06 bits per heavy atom. The zero-order valence-electron chi connectivity index (χ0n) is 10.0. The average Bonchev–Trinajstić information content (AvgIpc) is 2.26. The van der Waals surface area contributed by atoms with Gasteiger partial charge in [-0.1, -0.05) is 37.1 Å². The van der Waals surface area contributed by atoms with Crippen molar-refractivity contribution in [2.24, 2.45) is 0 Å². The van der Waals surface area contributed by atoms with E-state index < -0.39 is 9.84 Å². The van der Waals surface area contributed by atoms with E-state index in [9.17, 15) is 8.42 Å². The van der Waals surface area contributed by atoms with Gasteiger partial charge < -0.3 is 0 Å². The average molecular weight is 238 g/mol. The molecule has 0 saturated heterocycles.